The van der Waals surface area contributed by atoms with Crippen molar-refractivity contribution in [2.45, 2.75) is 0 Å². The van der Waals surface area contributed by atoms with Crippen molar-refractivity contribution in [3.05, 3.63) is 60.3 Å². The number of nitrogens with zero attached hydrogens (tertiary/aromatic N) is 1. The molecule has 3 rings (SSSR count). The van der Waals surface area contributed by atoms with E-state index in [0.717, 1.165) is 16.3 Å². The molecule has 0 radical (unpaired) electrons. The van der Waals surface area contributed by atoms with Crippen LogP contribution in [0.25, 0.3) is 22.0 Å². The fraction of sp³-hybridized carbons (Fsp3) is 0.0556. The second-order valence-electron chi connectivity index (χ2n) is 5.17. The van der Waals surface area contributed by atoms with Gasteiger partial charge in [0.1, 0.15) is 12.3 Å². The predicted octanol–water partition coefficient (Wildman–Crippen LogP) is 2.42. The highest BCUT2D eigenvalue weighted by molar-refractivity contribution is 5.99. The Labute approximate surface area is 137 Å². The molecule has 0 atom stereocenters. The number of aliphatic carboxylic acids is 1. The third kappa shape index (κ3) is 3.03. The van der Waals surface area contributed by atoms with E-state index in [1.54, 1.807) is 6.07 Å². The first kappa shape index (κ1) is 15.5. The number of nitrogens with one attached hydrogen (secondary N) is 1. The van der Waals surface area contributed by atoms with Crippen molar-refractivity contribution in [2.75, 3.05) is 6.54 Å². The quantitative estimate of drug-likeness (QED) is 0.685. The third-order valence-electron chi connectivity index (χ3n) is 3.55. The zero-order valence-electron chi connectivity index (χ0n) is 12.6. The van der Waals surface area contributed by atoms with Gasteiger partial charge in [-0.1, -0.05) is 42.5 Å². The highest BCUT2D eigenvalue weighted by atomic mass is 16.4. The highest BCUT2D eigenvalue weighted by Crippen LogP contribution is 2.29. The summed E-state index contributed by atoms with van der Waals surface area (Å²) in [5, 5.41) is 22.7. The molecule has 1 heterocycles. The van der Waals surface area contributed by atoms with Crippen LogP contribution in [0.2, 0.25) is 0 Å². The van der Waals surface area contributed by atoms with Crippen LogP contribution in [0.5, 0.6) is 5.75 Å². The van der Waals surface area contributed by atoms with E-state index in [1.165, 1.54) is 6.07 Å². The van der Waals surface area contributed by atoms with Crippen molar-refractivity contribution >= 4 is 22.6 Å². The molecule has 1 amide bonds. The Balaban J connectivity index is 2.04. The fourth-order valence-corrected chi connectivity index (χ4v) is 2.46. The van der Waals surface area contributed by atoms with Crippen LogP contribution in [-0.4, -0.2) is 33.6 Å². The zero-order chi connectivity index (χ0) is 17.1. The molecule has 0 unspecified atom stereocenters. The summed E-state index contributed by atoms with van der Waals surface area (Å²) in [6.45, 7) is -0.543. The summed E-state index contributed by atoms with van der Waals surface area (Å²) in [7, 11) is 0. The molecule has 0 saturated heterocycles. The largest absolute Gasteiger partial charge is 0.505 e. The number of carboxylic acids is 1. The van der Waals surface area contributed by atoms with Crippen LogP contribution in [0, 0.1) is 0 Å². The smallest absolute Gasteiger partial charge is 0.322 e. The van der Waals surface area contributed by atoms with Gasteiger partial charge in [0, 0.05) is 5.56 Å². The average Bonchev–Trinajstić information content (AvgIpc) is 2.59. The molecule has 0 bridgehead atoms. The van der Waals surface area contributed by atoms with Crippen LogP contribution < -0.4 is 5.32 Å². The molecule has 3 N–H and O–H groups in total. The van der Waals surface area contributed by atoms with Gasteiger partial charge in [0.2, 0.25) is 0 Å². The summed E-state index contributed by atoms with van der Waals surface area (Å²) in [6.07, 6.45) is 0. The number of benzene rings is 2. The molecule has 3 aromatic rings. The number of carboxylic acid groups (broad SMARTS) is 1. The first-order valence-corrected chi connectivity index (χ1v) is 7.24. The summed E-state index contributed by atoms with van der Waals surface area (Å²) < 4.78 is 0. The van der Waals surface area contributed by atoms with E-state index < -0.39 is 18.4 Å². The molecule has 0 aliphatic heterocycles. The van der Waals surface area contributed by atoms with Gasteiger partial charge in [0.15, 0.2) is 5.69 Å². The number of carbonyl (C=O) groups excluding carboxylic acids is 1. The standard InChI is InChI=1S/C18H14N2O4/c21-15-9-8-14(20-17(15)18(24)19-10-16(22)23)13-7-3-5-11-4-1-2-6-12(11)13/h1-9,21H,10H2,(H,19,24)(H,22,23). The van der Waals surface area contributed by atoms with Crippen LogP contribution in [0.1, 0.15) is 10.5 Å². The number of pyridine rings is 1. The van der Waals surface area contributed by atoms with Gasteiger partial charge >= 0.3 is 5.97 Å². The van der Waals surface area contributed by atoms with Gasteiger partial charge in [-0.05, 0) is 22.9 Å². The molecular formula is C18H14N2O4. The lowest BCUT2D eigenvalue weighted by molar-refractivity contribution is -0.135. The number of carbonyl (C=O) groups is 2. The van der Waals surface area contributed by atoms with Crippen molar-refractivity contribution in [1.82, 2.24) is 10.3 Å². The highest BCUT2D eigenvalue weighted by Gasteiger charge is 2.16. The Kier molecular flexibility index (Phi) is 4.11. The molecule has 2 aromatic carbocycles. The number of rotatable bonds is 4. The number of amides is 1. The van der Waals surface area contributed by atoms with E-state index in [-0.39, 0.29) is 11.4 Å². The lowest BCUT2D eigenvalue weighted by Gasteiger charge is -2.09. The Morgan fingerprint density at radius 3 is 2.54 bits per heavy atom. The predicted molar refractivity (Wildman–Crippen MR) is 88.8 cm³/mol. The fourth-order valence-electron chi connectivity index (χ4n) is 2.46. The summed E-state index contributed by atoms with van der Waals surface area (Å²) in [4.78, 5) is 26.8. The molecule has 120 valence electrons. The van der Waals surface area contributed by atoms with Crippen molar-refractivity contribution in [1.29, 1.82) is 0 Å². The van der Waals surface area contributed by atoms with E-state index in [1.807, 2.05) is 42.5 Å². The molecule has 1 aromatic heterocycles. The minimum atomic E-state index is -1.17. The van der Waals surface area contributed by atoms with E-state index in [0.29, 0.717) is 5.69 Å². The lowest BCUT2D eigenvalue weighted by Crippen LogP contribution is -2.30. The molecular weight excluding hydrogens is 308 g/mol. The SMILES string of the molecule is O=C(O)CNC(=O)c1nc(-c2cccc3ccccc23)ccc1O. The maximum absolute atomic E-state index is 12.0. The average molecular weight is 322 g/mol. The van der Waals surface area contributed by atoms with Crippen LogP contribution in [-0.2, 0) is 4.79 Å². The second-order valence-corrected chi connectivity index (χ2v) is 5.17. The van der Waals surface area contributed by atoms with Crippen LogP contribution in [0.3, 0.4) is 0 Å². The normalized spacial score (nSPS) is 10.5. The van der Waals surface area contributed by atoms with Gasteiger partial charge in [-0.3, -0.25) is 9.59 Å². The van der Waals surface area contributed by atoms with Gasteiger partial charge in [-0.25, -0.2) is 4.98 Å². The number of hydrogen-bond donors (Lipinski definition) is 3. The number of fused-ring (bicyclic) bond motifs is 1. The van der Waals surface area contributed by atoms with E-state index >= 15 is 0 Å². The maximum atomic E-state index is 12.0. The topological polar surface area (TPSA) is 99.5 Å². The van der Waals surface area contributed by atoms with Gasteiger partial charge in [-0.15, -0.1) is 0 Å². The summed E-state index contributed by atoms with van der Waals surface area (Å²) >= 11 is 0. The van der Waals surface area contributed by atoms with E-state index in [9.17, 15) is 14.7 Å². The summed E-state index contributed by atoms with van der Waals surface area (Å²) in [6, 6.07) is 16.5. The Morgan fingerprint density at radius 1 is 1.00 bits per heavy atom. The van der Waals surface area contributed by atoms with Gasteiger partial charge in [-0.2, -0.15) is 0 Å². The minimum absolute atomic E-state index is 0.207. The lowest BCUT2D eigenvalue weighted by atomic mass is 10.0. The number of aromatic nitrogens is 1. The second kappa shape index (κ2) is 6.37. The Bertz CT molecular complexity index is 932. The first-order valence-electron chi connectivity index (χ1n) is 7.24. The Hall–Kier alpha value is -3.41. The molecule has 0 aliphatic rings. The molecule has 24 heavy (non-hydrogen) atoms. The molecule has 0 spiro atoms. The van der Waals surface area contributed by atoms with Gasteiger partial charge in [0.05, 0.1) is 5.69 Å². The van der Waals surface area contributed by atoms with E-state index in [4.69, 9.17) is 5.11 Å². The van der Waals surface area contributed by atoms with Crippen LogP contribution >= 0.6 is 0 Å². The van der Waals surface area contributed by atoms with Crippen LogP contribution in [0.4, 0.5) is 0 Å². The van der Waals surface area contributed by atoms with Crippen molar-refractivity contribution in [3.63, 3.8) is 0 Å². The van der Waals surface area contributed by atoms with Gasteiger partial charge < -0.3 is 15.5 Å². The van der Waals surface area contributed by atoms with Gasteiger partial charge in [0.25, 0.3) is 5.91 Å². The van der Waals surface area contributed by atoms with E-state index in [2.05, 4.69) is 10.3 Å². The minimum Gasteiger partial charge on any atom is -0.505 e. The summed E-state index contributed by atoms with van der Waals surface area (Å²) in [5.41, 5.74) is 1.13. The maximum Gasteiger partial charge on any atom is 0.322 e. The van der Waals surface area contributed by atoms with Crippen molar-refractivity contribution in [2.24, 2.45) is 0 Å². The Morgan fingerprint density at radius 2 is 1.75 bits per heavy atom. The van der Waals surface area contributed by atoms with Crippen molar-refractivity contribution in [3.8, 4) is 17.0 Å². The van der Waals surface area contributed by atoms with Crippen LogP contribution in [0.15, 0.2) is 54.6 Å². The molecule has 0 saturated carbocycles. The summed E-state index contributed by atoms with van der Waals surface area (Å²) in [5.74, 6) is -2.22. The monoisotopic (exact) mass is 322 g/mol. The number of hydrogen-bond acceptors (Lipinski definition) is 4. The first-order chi connectivity index (χ1) is 11.6. The number of aromatic hydroxyl groups is 1. The molecule has 6 heteroatoms. The molecule has 0 fully saturated rings. The molecule has 0 aliphatic carbocycles. The molecule has 6 nitrogen and oxygen atoms in total. The third-order valence-corrected chi connectivity index (χ3v) is 3.55. The van der Waals surface area contributed by atoms with Crippen molar-refractivity contribution < 1.29 is 19.8 Å². The zero-order valence-corrected chi connectivity index (χ0v) is 12.6.